The number of carbonyl (C=O) groups excluding carboxylic acids is 2. The van der Waals surface area contributed by atoms with Crippen LogP contribution in [-0.2, 0) is 26.2 Å². The highest BCUT2D eigenvalue weighted by molar-refractivity contribution is 7.92. The van der Waals surface area contributed by atoms with Crippen molar-refractivity contribution in [1.82, 2.24) is 10.2 Å². The van der Waals surface area contributed by atoms with E-state index >= 15 is 0 Å². The number of nitrogens with zero attached hydrogens (tertiary/aromatic N) is 2. The third kappa shape index (κ3) is 7.97. The Morgan fingerprint density at radius 3 is 2.05 bits per heavy atom. The molecule has 10 heteroatoms. The van der Waals surface area contributed by atoms with Gasteiger partial charge in [-0.05, 0) is 63.1 Å². The summed E-state index contributed by atoms with van der Waals surface area (Å²) in [6.07, 6.45) is 0.338. The Balaban J connectivity index is 2.08. The van der Waals surface area contributed by atoms with Gasteiger partial charge in [-0.2, -0.15) is 0 Å². The maximum absolute atomic E-state index is 14.0. The number of benzene rings is 3. The van der Waals surface area contributed by atoms with E-state index in [0.29, 0.717) is 6.42 Å². The minimum absolute atomic E-state index is 0.00331. The van der Waals surface area contributed by atoms with Crippen LogP contribution in [0, 0.1) is 6.92 Å². The van der Waals surface area contributed by atoms with E-state index in [1.165, 1.54) is 35.2 Å². The van der Waals surface area contributed by atoms with Gasteiger partial charge < -0.3 is 10.2 Å². The fourth-order valence-electron chi connectivity index (χ4n) is 4.12. The quantitative estimate of drug-likeness (QED) is 0.305. The van der Waals surface area contributed by atoms with Crippen molar-refractivity contribution in [3.63, 3.8) is 0 Å². The van der Waals surface area contributed by atoms with Gasteiger partial charge >= 0.3 is 0 Å². The molecule has 3 aromatic carbocycles. The van der Waals surface area contributed by atoms with E-state index in [0.717, 1.165) is 15.4 Å². The van der Waals surface area contributed by atoms with Crippen LogP contribution in [0.25, 0.3) is 0 Å². The number of halogens is 2. The van der Waals surface area contributed by atoms with Crippen molar-refractivity contribution >= 4 is 50.7 Å². The molecule has 3 rings (SSSR count). The Kier molecular flexibility index (Phi) is 10.4. The molecule has 0 spiro atoms. The van der Waals surface area contributed by atoms with Gasteiger partial charge in [0.05, 0.1) is 10.6 Å². The lowest BCUT2D eigenvalue weighted by Gasteiger charge is -2.33. The van der Waals surface area contributed by atoms with Gasteiger partial charge in [0.15, 0.2) is 0 Å². The fraction of sp³-hybridized carbons (Fsp3) is 0.310. The summed E-state index contributed by atoms with van der Waals surface area (Å²) in [6.45, 7) is 7.01. The van der Waals surface area contributed by atoms with Gasteiger partial charge in [-0.15, -0.1) is 0 Å². The van der Waals surface area contributed by atoms with Crippen LogP contribution in [-0.4, -0.2) is 43.8 Å². The second-order valence-corrected chi connectivity index (χ2v) is 12.3. The third-order valence-corrected chi connectivity index (χ3v) is 8.26. The molecule has 39 heavy (non-hydrogen) atoms. The van der Waals surface area contributed by atoms with E-state index in [4.69, 9.17) is 23.2 Å². The molecule has 0 aliphatic rings. The number of anilines is 1. The van der Waals surface area contributed by atoms with Crippen LogP contribution in [0.1, 0.15) is 38.3 Å². The maximum Gasteiger partial charge on any atom is 0.264 e. The number of rotatable bonds is 11. The molecular formula is C29H33Cl2N3O4S. The van der Waals surface area contributed by atoms with Gasteiger partial charge in [-0.3, -0.25) is 13.9 Å². The lowest BCUT2D eigenvalue weighted by atomic mass is 10.1. The number of hydrogen-bond donors (Lipinski definition) is 1. The summed E-state index contributed by atoms with van der Waals surface area (Å²) in [5.41, 5.74) is 2.01. The first kappa shape index (κ1) is 30.5. The zero-order valence-electron chi connectivity index (χ0n) is 22.4. The van der Waals surface area contributed by atoms with Crippen LogP contribution < -0.4 is 9.62 Å². The lowest BCUT2D eigenvalue weighted by Crippen LogP contribution is -2.53. The molecule has 0 fully saturated rings. The number of nitrogens with one attached hydrogen (secondary N) is 1. The predicted molar refractivity (Wildman–Crippen MR) is 157 cm³/mol. The van der Waals surface area contributed by atoms with Gasteiger partial charge in [0.2, 0.25) is 11.8 Å². The fourth-order valence-corrected chi connectivity index (χ4v) is 6.06. The minimum atomic E-state index is -4.20. The molecule has 7 nitrogen and oxygen atoms in total. The van der Waals surface area contributed by atoms with Gasteiger partial charge in [0.25, 0.3) is 10.0 Å². The molecule has 0 aliphatic heterocycles. The average Bonchev–Trinajstić information content (AvgIpc) is 2.87. The number of aryl methyl sites for hydroxylation is 1. The zero-order valence-corrected chi connectivity index (χ0v) is 24.7. The minimum Gasteiger partial charge on any atom is -0.352 e. The Morgan fingerprint density at radius 1 is 0.923 bits per heavy atom. The summed E-state index contributed by atoms with van der Waals surface area (Å²) in [6, 6.07) is 18.8. The van der Waals surface area contributed by atoms with Crippen molar-refractivity contribution in [1.29, 1.82) is 0 Å². The molecule has 0 radical (unpaired) electrons. The molecule has 0 aromatic heterocycles. The summed E-state index contributed by atoms with van der Waals surface area (Å²) in [5, 5.41) is 3.32. The molecular weight excluding hydrogens is 557 g/mol. The molecule has 1 atom stereocenters. The van der Waals surface area contributed by atoms with Crippen LogP contribution in [0.2, 0.25) is 10.0 Å². The first-order chi connectivity index (χ1) is 18.4. The van der Waals surface area contributed by atoms with E-state index < -0.39 is 28.5 Å². The summed E-state index contributed by atoms with van der Waals surface area (Å²) >= 11 is 12.4. The molecule has 0 unspecified atom stereocenters. The average molecular weight is 591 g/mol. The molecule has 208 valence electrons. The first-order valence-electron chi connectivity index (χ1n) is 12.6. The van der Waals surface area contributed by atoms with Gasteiger partial charge in [0.1, 0.15) is 12.6 Å². The summed E-state index contributed by atoms with van der Waals surface area (Å²) in [7, 11) is -4.20. The highest BCUT2D eigenvalue weighted by atomic mass is 35.5. The van der Waals surface area contributed by atoms with Crippen LogP contribution in [0.5, 0.6) is 0 Å². The number of amides is 2. The maximum atomic E-state index is 14.0. The Morgan fingerprint density at radius 2 is 1.51 bits per heavy atom. The SMILES string of the molecule is CC[C@H](C(=O)NC(C)C)N(Cc1ccc(C)cc1)C(=O)CN(c1cc(Cl)cc(Cl)c1)S(=O)(=O)c1ccccc1. The lowest BCUT2D eigenvalue weighted by molar-refractivity contribution is -0.140. The van der Waals surface area contributed by atoms with Gasteiger partial charge in [-0.25, -0.2) is 8.42 Å². The summed E-state index contributed by atoms with van der Waals surface area (Å²) in [5.74, 6) is -0.854. The Hall–Kier alpha value is -3.07. The second kappa shape index (κ2) is 13.3. The molecule has 0 bridgehead atoms. The van der Waals surface area contributed by atoms with E-state index in [9.17, 15) is 18.0 Å². The highest BCUT2D eigenvalue weighted by Gasteiger charge is 2.34. The van der Waals surface area contributed by atoms with E-state index in [-0.39, 0.29) is 39.1 Å². The standard InChI is InChI=1S/C29H33Cl2N3O4S/c1-5-27(29(36)32-20(2)3)33(18-22-13-11-21(4)12-14-22)28(35)19-34(25-16-23(30)15-24(31)17-25)39(37,38)26-9-7-6-8-10-26/h6-17,20,27H,5,18-19H2,1-4H3,(H,32,36)/t27-/m1/s1. The molecule has 1 N–H and O–H groups in total. The monoisotopic (exact) mass is 589 g/mol. The molecule has 0 aliphatic carbocycles. The Bertz CT molecular complexity index is 1380. The van der Waals surface area contributed by atoms with E-state index in [1.54, 1.807) is 18.2 Å². The van der Waals surface area contributed by atoms with Crippen molar-refractivity contribution in [2.45, 2.75) is 57.6 Å². The second-order valence-electron chi connectivity index (χ2n) is 9.55. The smallest absolute Gasteiger partial charge is 0.264 e. The molecule has 3 aromatic rings. The van der Waals surface area contributed by atoms with Crippen LogP contribution >= 0.6 is 23.2 Å². The molecule has 2 amide bonds. The summed E-state index contributed by atoms with van der Waals surface area (Å²) in [4.78, 5) is 28.6. The third-order valence-electron chi connectivity index (χ3n) is 6.04. The Labute approximate surface area is 240 Å². The topological polar surface area (TPSA) is 86.8 Å². The summed E-state index contributed by atoms with van der Waals surface area (Å²) < 4.78 is 28.6. The normalized spacial score (nSPS) is 12.2. The number of carbonyl (C=O) groups is 2. The van der Waals surface area contributed by atoms with Gasteiger partial charge in [-0.1, -0.05) is 78.2 Å². The van der Waals surface area contributed by atoms with Crippen LogP contribution in [0.15, 0.2) is 77.7 Å². The van der Waals surface area contributed by atoms with Crippen molar-refractivity contribution in [2.24, 2.45) is 0 Å². The number of hydrogen-bond acceptors (Lipinski definition) is 4. The van der Waals surface area contributed by atoms with Crippen LogP contribution in [0.3, 0.4) is 0 Å². The molecule has 0 saturated heterocycles. The van der Waals surface area contributed by atoms with Crippen LogP contribution in [0.4, 0.5) is 5.69 Å². The predicted octanol–water partition coefficient (Wildman–Crippen LogP) is 5.83. The van der Waals surface area contributed by atoms with E-state index in [2.05, 4.69) is 5.32 Å². The highest BCUT2D eigenvalue weighted by Crippen LogP contribution is 2.30. The van der Waals surface area contributed by atoms with Crippen molar-refractivity contribution in [2.75, 3.05) is 10.8 Å². The van der Waals surface area contributed by atoms with Crippen molar-refractivity contribution < 1.29 is 18.0 Å². The number of sulfonamides is 1. The largest absolute Gasteiger partial charge is 0.352 e. The van der Waals surface area contributed by atoms with E-state index in [1.807, 2.05) is 52.0 Å². The zero-order chi connectivity index (χ0) is 28.7. The van der Waals surface area contributed by atoms with Crippen molar-refractivity contribution in [3.8, 4) is 0 Å². The molecule has 0 saturated carbocycles. The van der Waals surface area contributed by atoms with Gasteiger partial charge in [0, 0.05) is 22.6 Å². The molecule has 0 heterocycles. The first-order valence-corrected chi connectivity index (χ1v) is 14.8. The van der Waals surface area contributed by atoms with Crippen molar-refractivity contribution in [3.05, 3.63) is 94.0 Å².